The van der Waals surface area contributed by atoms with Crippen molar-refractivity contribution < 1.29 is 9.21 Å². The lowest BCUT2D eigenvalue weighted by Gasteiger charge is -2.24. The molecule has 0 radical (unpaired) electrons. The topological polar surface area (TPSA) is 117 Å². The minimum absolute atomic E-state index is 0.303. The third-order valence-corrected chi connectivity index (χ3v) is 5.40. The Morgan fingerprint density at radius 1 is 1.35 bits per heavy atom. The highest BCUT2D eigenvalue weighted by Gasteiger charge is 2.28. The van der Waals surface area contributed by atoms with Crippen molar-refractivity contribution in [1.29, 1.82) is 0 Å². The number of fused-ring (bicyclic) bond motifs is 1. The molecule has 0 saturated heterocycles. The molecular formula is C20H18BrN7O2S. The SMILES string of the molecule is C/C=C\C(Br)=C\C1N=C(Nc2nc3ccccc3o2)NC(C)=C1C(=O)Nc1nncs1. The van der Waals surface area contributed by atoms with Crippen molar-refractivity contribution in [3.8, 4) is 0 Å². The van der Waals surface area contributed by atoms with Crippen molar-refractivity contribution >= 4 is 61.4 Å². The van der Waals surface area contributed by atoms with Gasteiger partial charge in [0.05, 0.1) is 5.57 Å². The third kappa shape index (κ3) is 4.89. The van der Waals surface area contributed by atoms with E-state index in [1.165, 1.54) is 11.3 Å². The second-order valence-corrected chi connectivity index (χ2v) is 8.20. The maximum Gasteiger partial charge on any atom is 0.302 e. The first kappa shape index (κ1) is 20.9. The number of carbonyl (C=O) groups excluding carboxylic acids is 1. The number of nitrogens with one attached hydrogen (secondary N) is 3. The average molecular weight is 500 g/mol. The number of guanidine groups is 1. The monoisotopic (exact) mass is 499 g/mol. The standard InChI is InChI=1S/C20H18BrN7O2S/c1-3-6-12(21)9-14-16(17(29)26-20-28-22-10-31-20)11(2)23-18(24-14)27-19-25-13-7-4-5-8-15(13)30-19/h3-10,14H,1-2H3,(H,26,28,29)(H2,23,24,25,27)/b6-3-,12-9-. The fraction of sp³-hybridized carbons (Fsp3) is 0.150. The molecule has 158 valence electrons. The van der Waals surface area contributed by atoms with E-state index in [0.29, 0.717) is 34.0 Å². The number of rotatable bonds is 5. The van der Waals surface area contributed by atoms with Crippen LogP contribution in [0.2, 0.25) is 0 Å². The van der Waals surface area contributed by atoms with Gasteiger partial charge in [0.25, 0.3) is 5.91 Å². The number of hydrogen-bond acceptors (Lipinski definition) is 9. The first-order valence-corrected chi connectivity index (χ1v) is 11.0. The molecule has 1 aliphatic heterocycles. The van der Waals surface area contributed by atoms with Gasteiger partial charge in [0, 0.05) is 10.2 Å². The highest BCUT2D eigenvalue weighted by molar-refractivity contribution is 9.11. The Morgan fingerprint density at radius 2 is 2.19 bits per heavy atom. The highest BCUT2D eigenvalue weighted by atomic mass is 79.9. The summed E-state index contributed by atoms with van der Waals surface area (Å²) in [6.45, 7) is 3.72. The zero-order valence-corrected chi connectivity index (χ0v) is 19.0. The molecular weight excluding hydrogens is 482 g/mol. The molecule has 0 spiro atoms. The summed E-state index contributed by atoms with van der Waals surface area (Å²) in [6, 6.07) is 7.21. The van der Waals surface area contributed by atoms with E-state index in [0.717, 1.165) is 10.00 Å². The molecule has 0 bridgehead atoms. The number of halogens is 1. The molecule has 2 aromatic heterocycles. The van der Waals surface area contributed by atoms with E-state index in [1.54, 1.807) is 5.51 Å². The summed E-state index contributed by atoms with van der Waals surface area (Å²) in [7, 11) is 0. The van der Waals surface area contributed by atoms with E-state index in [1.807, 2.05) is 56.3 Å². The second-order valence-electron chi connectivity index (χ2n) is 6.45. The normalized spacial score (nSPS) is 17.1. The highest BCUT2D eigenvalue weighted by Crippen LogP contribution is 2.24. The quantitative estimate of drug-likeness (QED) is 0.450. The van der Waals surface area contributed by atoms with Crippen molar-refractivity contribution in [2.45, 2.75) is 19.9 Å². The number of oxazole rings is 1. The second kappa shape index (κ2) is 9.23. The third-order valence-electron chi connectivity index (χ3n) is 4.26. The number of anilines is 2. The molecule has 4 rings (SSSR count). The number of aromatic nitrogens is 3. The number of carbonyl (C=O) groups is 1. The molecule has 11 heteroatoms. The van der Waals surface area contributed by atoms with Gasteiger partial charge >= 0.3 is 6.01 Å². The van der Waals surface area contributed by atoms with E-state index >= 15 is 0 Å². The summed E-state index contributed by atoms with van der Waals surface area (Å²) in [5.41, 5.74) is 4.05. The minimum atomic E-state index is -0.563. The fourth-order valence-electron chi connectivity index (χ4n) is 2.98. The van der Waals surface area contributed by atoms with Gasteiger partial charge in [-0.15, -0.1) is 10.2 Å². The number of para-hydroxylation sites is 2. The first-order valence-electron chi connectivity index (χ1n) is 9.29. The van der Waals surface area contributed by atoms with E-state index in [-0.39, 0.29) is 5.91 Å². The largest absolute Gasteiger partial charge is 0.423 e. The maximum absolute atomic E-state index is 13.0. The van der Waals surface area contributed by atoms with Crippen molar-refractivity contribution in [3.05, 3.63) is 63.8 Å². The summed E-state index contributed by atoms with van der Waals surface area (Å²) in [5, 5.41) is 17.0. The van der Waals surface area contributed by atoms with Crippen molar-refractivity contribution in [2.24, 2.45) is 4.99 Å². The molecule has 3 N–H and O–H groups in total. The maximum atomic E-state index is 13.0. The van der Waals surface area contributed by atoms with Crippen LogP contribution in [0.3, 0.4) is 0 Å². The zero-order chi connectivity index (χ0) is 21.8. The van der Waals surface area contributed by atoms with Crippen LogP contribution >= 0.6 is 27.3 Å². The van der Waals surface area contributed by atoms with Crippen LogP contribution in [0.1, 0.15) is 13.8 Å². The Hall–Kier alpha value is -3.31. The lowest BCUT2D eigenvalue weighted by molar-refractivity contribution is -0.113. The predicted molar refractivity (Wildman–Crippen MR) is 125 cm³/mol. The molecule has 0 aliphatic carbocycles. The van der Waals surface area contributed by atoms with Gasteiger partial charge in [0.2, 0.25) is 11.1 Å². The number of aliphatic imine (C=N–C) groups is 1. The Labute approximate surface area is 190 Å². The molecule has 0 fully saturated rings. The summed E-state index contributed by atoms with van der Waals surface area (Å²) < 4.78 is 6.51. The Bertz CT molecular complexity index is 1190. The van der Waals surface area contributed by atoms with Gasteiger partial charge in [-0.1, -0.05) is 51.6 Å². The van der Waals surface area contributed by atoms with Gasteiger partial charge in [0.1, 0.15) is 17.1 Å². The molecule has 0 saturated carbocycles. The van der Waals surface area contributed by atoms with Gasteiger partial charge in [0.15, 0.2) is 5.58 Å². The van der Waals surface area contributed by atoms with Crippen LogP contribution in [0.25, 0.3) is 11.1 Å². The first-order chi connectivity index (χ1) is 15.0. The van der Waals surface area contributed by atoms with Crippen LogP contribution in [0.15, 0.2) is 73.2 Å². The van der Waals surface area contributed by atoms with E-state index < -0.39 is 6.04 Å². The Morgan fingerprint density at radius 3 is 2.94 bits per heavy atom. The molecule has 31 heavy (non-hydrogen) atoms. The van der Waals surface area contributed by atoms with Crippen LogP contribution in [-0.2, 0) is 4.79 Å². The lowest BCUT2D eigenvalue weighted by atomic mass is 10.0. The molecule has 1 atom stereocenters. The van der Waals surface area contributed by atoms with Gasteiger partial charge < -0.3 is 9.73 Å². The summed E-state index contributed by atoms with van der Waals surface area (Å²) in [5.74, 6) is 0.104. The van der Waals surface area contributed by atoms with E-state index in [4.69, 9.17) is 4.42 Å². The molecule has 1 aliphatic rings. The molecule has 1 unspecified atom stereocenters. The molecule has 1 aromatic carbocycles. The fourth-order valence-corrected chi connectivity index (χ4v) is 3.93. The van der Waals surface area contributed by atoms with Gasteiger partial charge in [-0.05, 0) is 32.1 Å². The minimum Gasteiger partial charge on any atom is -0.423 e. The summed E-state index contributed by atoms with van der Waals surface area (Å²) in [6.07, 6.45) is 5.61. The number of amides is 1. The Balaban J connectivity index is 1.63. The summed E-state index contributed by atoms with van der Waals surface area (Å²) >= 11 is 4.74. The number of nitrogens with zero attached hydrogens (tertiary/aromatic N) is 4. The van der Waals surface area contributed by atoms with Crippen LogP contribution in [0, 0.1) is 0 Å². The average Bonchev–Trinajstić information content (AvgIpc) is 3.36. The van der Waals surface area contributed by atoms with Crippen LogP contribution in [0.4, 0.5) is 11.1 Å². The van der Waals surface area contributed by atoms with E-state index in [9.17, 15) is 4.79 Å². The lowest BCUT2D eigenvalue weighted by Crippen LogP contribution is -2.39. The van der Waals surface area contributed by atoms with Crippen molar-refractivity contribution in [2.75, 3.05) is 10.6 Å². The Kier molecular flexibility index (Phi) is 6.23. The molecule has 9 nitrogen and oxygen atoms in total. The van der Waals surface area contributed by atoms with Gasteiger partial charge in [-0.25, -0.2) is 4.99 Å². The number of hydrogen-bond donors (Lipinski definition) is 3. The molecule has 1 amide bonds. The van der Waals surface area contributed by atoms with Gasteiger partial charge in [-0.2, -0.15) is 4.98 Å². The van der Waals surface area contributed by atoms with Crippen molar-refractivity contribution in [1.82, 2.24) is 20.5 Å². The van der Waals surface area contributed by atoms with Gasteiger partial charge in [-0.3, -0.25) is 15.4 Å². The number of benzene rings is 1. The molecule has 3 heterocycles. The predicted octanol–water partition coefficient (Wildman–Crippen LogP) is 4.19. The van der Waals surface area contributed by atoms with E-state index in [2.05, 4.69) is 52.1 Å². The van der Waals surface area contributed by atoms with Crippen molar-refractivity contribution in [3.63, 3.8) is 0 Å². The van der Waals surface area contributed by atoms with Crippen LogP contribution in [0.5, 0.6) is 0 Å². The molecule has 3 aromatic rings. The van der Waals surface area contributed by atoms with Crippen LogP contribution < -0.4 is 16.0 Å². The van der Waals surface area contributed by atoms with Crippen LogP contribution in [-0.4, -0.2) is 33.1 Å². The smallest absolute Gasteiger partial charge is 0.302 e. The zero-order valence-electron chi connectivity index (χ0n) is 16.6. The number of allylic oxidation sites excluding steroid dienone is 4. The summed E-state index contributed by atoms with van der Waals surface area (Å²) in [4.78, 5) is 22.0.